The number of rotatable bonds is 7. The maximum absolute atomic E-state index is 13.3. The first-order valence-corrected chi connectivity index (χ1v) is 11.8. The number of benzene rings is 4. The smallest absolute Gasteiger partial charge is 0.360 e. The van der Waals surface area contributed by atoms with Gasteiger partial charge in [-0.2, -0.15) is 0 Å². The van der Waals surface area contributed by atoms with E-state index in [0.717, 1.165) is 11.1 Å². The number of carbonyl (C=O) groups excluding carboxylic acids is 1. The molecule has 37 heavy (non-hydrogen) atoms. The van der Waals surface area contributed by atoms with Crippen molar-refractivity contribution in [1.82, 2.24) is 0 Å². The normalized spacial score (nSPS) is 10.8. The number of aryl methyl sites for hydroxylation is 1. The minimum atomic E-state index is -0.642. The maximum Gasteiger partial charge on any atom is 0.360 e. The largest absolute Gasteiger partial charge is 0.497 e. The molecule has 5 rings (SSSR count). The van der Waals surface area contributed by atoms with Gasteiger partial charge in [0.15, 0.2) is 0 Å². The number of anilines is 1. The average molecular weight is 492 g/mol. The van der Waals surface area contributed by atoms with Crippen molar-refractivity contribution in [3.63, 3.8) is 0 Å². The first-order chi connectivity index (χ1) is 18.0. The Morgan fingerprint density at radius 1 is 0.865 bits per heavy atom. The molecule has 4 aromatic carbocycles. The van der Waals surface area contributed by atoms with E-state index in [9.17, 15) is 9.59 Å². The van der Waals surface area contributed by atoms with Crippen molar-refractivity contribution in [2.75, 3.05) is 12.4 Å². The highest BCUT2D eigenvalue weighted by Crippen LogP contribution is 2.37. The molecule has 0 fully saturated rings. The summed E-state index contributed by atoms with van der Waals surface area (Å²) in [6, 6.07) is 29.7. The van der Waals surface area contributed by atoms with Crippen LogP contribution in [0.3, 0.4) is 0 Å². The van der Waals surface area contributed by atoms with Gasteiger partial charge in [0.1, 0.15) is 29.4 Å². The molecule has 0 spiro atoms. The second-order valence-electron chi connectivity index (χ2n) is 8.53. The van der Waals surface area contributed by atoms with Crippen molar-refractivity contribution >= 4 is 22.6 Å². The summed E-state index contributed by atoms with van der Waals surface area (Å²) in [7, 11) is 1.56. The molecule has 1 N–H and O–H groups in total. The molecule has 0 unspecified atom stereocenters. The summed E-state index contributed by atoms with van der Waals surface area (Å²) >= 11 is 0. The number of amides is 1. The molecule has 0 radical (unpaired) electrons. The van der Waals surface area contributed by atoms with Crippen LogP contribution >= 0.6 is 0 Å². The first kappa shape index (κ1) is 23.9. The Kier molecular flexibility index (Phi) is 6.72. The predicted molar refractivity (Wildman–Crippen MR) is 144 cm³/mol. The molecule has 184 valence electrons. The fourth-order valence-electron chi connectivity index (χ4n) is 4.22. The number of hydrogen-bond donors (Lipinski definition) is 1. The number of nitrogens with one attached hydrogen (secondary N) is 1. The Bertz CT molecular complexity index is 1610. The molecule has 0 aliphatic carbocycles. The van der Waals surface area contributed by atoms with Gasteiger partial charge in [-0.1, -0.05) is 60.7 Å². The quantitative estimate of drug-likeness (QED) is 0.259. The molecule has 1 heterocycles. The summed E-state index contributed by atoms with van der Waals surface area (Å²) in [6.07, 6.45) is 0. The SMILES string of the molecule is COc1ccc(C(=O)Nc2c(-c3ccccc3)c3ccc(OCc4ccccc4)c(C)c3oc2=O)cc1. The lowest BCUT2D eigenvalue weighted by Gasteiger charge is -2.16. The average Bonchev–Trinajstić information content (AvgIpc) is 2.94. The van der Waals surface area contributed by atoms with Crippen LogP contribution in [0.2, 0.25) is 0 Å². The third-order valence-electron chi connectivity index (χ3n) is 6.16. The highest BCUT2D eigenvalue weighted by molar-refractivity contribution is 6.10. The van der Waals surface area contributed by atoms with Crippen LogP contribution in [-0.4, -0.2) is 13.0 Å². The Hall–Kier alpha value is -4.84. The van der Waals surface area contributed by atoms with Gasteiger partial charge in [0, 0.05) is 22.1 Å². The Balaban J connectivity index is 1.58. The summed E-state index contributed by atoms with van der Waals surface area (Å²) in [5.74, 6) is 0.826. The van der Waals surface area contributed by atoms with Crippen molar-refractivity contribution in [1.29, 1.82) is 0 Å². The molecule has 1 amide bonds. The summed E-state index contributed by atoms with van der Waals surface area (Å²) in [6.45, 7) is 2.24. The highest BCUT2D eigenvalue weighted by Gasteiger charge is 2.21. The van der Waals surface area contributed by atoms with E-state index < -0.39 is 11.5 Å². The van der Waals surface area contributed by atoms with Crippen LogP contribution in [0, 0.1) is 6.92 Å². The lowest BCUT2D eigenvalue weighted by atomic mass is 9.98. The summed E-state index contributed by atoms with van der Waals surface area (Å²) < 4.78 is 17.0. The third kappa shape index (κ3) is 4.95. The molecular weight excluding hydrogens is 466 g/mol. The van der Waals surface area contributed by atoms with E-state index in [1.165, 1.54) is 0 Å². The second kappa shape index (κ2) is 10.4. The van der Waals surface area contributed by atoms with Gasteiger partial charge >= 0.3 is 5.63 Å². The summed E-state index contributed by atoms with van der Waals surface area (Å²) in [5.41, 5.74) is 3.35. The van der Waals surface area contributed by atoms with E-state index >= 15 is 0 Å². The lowest BCUT2D eigenvalue weighted by molar-refractivity contribution is 0.102. The van der Waals surface area contributed by atoms with Gasteiger partial charge in [0.2, 0.25) is 0 Å². The van der Waals surface area contributed by atoms with Crippen molar-refractivity contribution in [3.05, 3.63) is 124 Å². The Morgan fingerprint density at radius 2 is 1.54 bits per heavy atom. The lowest BCUT2D eigenvalue weighted by Crippen LogP contribution is -2.19. The van der Waals surface area contributed by atoms with E-state index in [0.29, 0.717) is 45.8 Å². The molecule has 0 atom stereocenters. The van der Waals surface area contributed by atoms with Crippen LogP contribution in [0.5, 0.6) is 11.5 Å². The van der Waals surface area contributed by atoms with Crippen molar-refractivity contribution < 1.29 is 18.7 Å². The van der Waals surface area contributed by atoms with Gasteiger partial charge in [-0.05, 0) is 54.4 Å². The molecule has 0 saturated heterocycles. The van der Waals surface area contributed by atoms with Crippen LogP contribution in [-0.2, 0) is 6.61 Å². The first-order valence-electron chi connectivity index (χ1n) is 11.8. The van der Waals surface area contributed by atoms with E-state index in [1.807, 2.05) is 79.7 Å². The van der Waals surface area contributed by atoms with Gasteiger partial charge < -0.3 is 19.2 Å². The van der Waals surface area contributed by atoms with Crippen LogP contribution in [0.1, 0.15) is 21.5 Å². The van der Waals surface area contributed by atoms with Gasteiger partial charge in [0.05, 0.1) is 7.11 Å². The number of fused-ring (bicyclic) bond motifs is 1. The van der Waals surface area contributed by atoms with E-state index in [1.54, 1.807) is 31.4 Å². The molecule has 0 aliphatic rings. The molecule has 0 bridgehead atoms. The van der Waals surface area contributed by atoms with E-state index in [2.05, 4.69) is 5.32 Å². The van der Waals surface area contributed by atoms with Crippen LogP contribution in [0.15, 0.2) is 106 Å². The topological polar surface area (TPSA) is 77.8 Å². The molecular formula is C31H25NO5. The fraction of sp³-hybridized carbons (Fsp3) is 0.0968. The fourth-order valence-corrected chi connectivity index (χ4v) is 4.22. The monoisotopic (exact) mass is 491 g/mol. The van der Waals surface area contributed by atoms with E-state index in [4.69, 9.17) is 13.9 Å². The zero-order valence-electron chi connectivity index (χ0n) is 20.5. The minimum Gasteiger partial charge on any atom is -0.497 e. The molecule has 6 heteroatoms. The van der Waals surface area contributed by atoms with Crippen LogP contribution in [0.25, 0.3) is 22.1 Å². The molecule has 0 aliphatic heterocycles. The van der Waals surface area contributed by atoms with Crippen molar-refractivity contribution in [2.45, 2.75) is 13.5 Å². The van der Waals surface area contributed by atoms with E-state index in [-0.39, 0.29) is 5.69 Å². The number of hydrogen-bond acceptors (Lipinski definition) is 5. The predicted octanol–water partition coefficient (Wildman–Crippen LogP) is 6.61. The molecule has 5 aromatic rings. The zero-order chi connectivity index (χ0) is 25.8. The van der Waals surface area contributed by atoms with Crippen molar-refractivity contribution in [3.8, 4) is 22.6 Å². The van der Waals surface area contributed by atoms with Gasteiger partial charge in [-0.3, -0.25) is 4.79 Å². The summed E-state index contributed by atoms with van der Waals surface area (Å²) in [5, 5.41) is 3.48. The standard InChI is InChI=1S/C31H25NO5/c1-20-26(36-19-21-9-5-3-6-10-21)18-17-25-27(22-11-7-4-8-12-22)28(31(34)37-29(20)25)32-30(33)23-13-15-24(35-2)16-14-23/h3-18H,19H2,1-2H3,(H,32,33). The number of ether oxygens (including phenoxy) is 2. The van der Waals surface area contributed by atoms with Gasteiger partial charge in [-0.15, -0.1) is 0 Å². The maximum atomic E-state index is 13.3. The minimum absolute atomic E-state index is 0.0804. The molecule has 0 saturated carbocycles. The highest BCUT2D eigenvalue weighted by atomic mass is 16.5. The van der Waals surface area contributed by atoms with Crippen LogP contribution in [0.4, 0.5) is 5.69 Å². The summed E-state index contributed by atoms with van der Waals surface area (Å²) in [4.78, 5) is 26.4. The van der Waals surface area contributed by atoms with Gasteiger partial charge in [-0.25, -0.2) is 4.79 Å². The molecule has 6 nitrogen and oxygen atoms in total. The number of carbonyl (C=O) groups is 1. The Labute approximate surface area is 214 Å². The second-order valence-corrected chi connectivity index (χ2v) is 8.53. The molecule has 1 aromatic heterocycles. The van der Waals surface area contributed by atoms with Crippen LogP contribution < -0.4 is 20.4 Å². The third-order valence-corrected chi connectivity index (χ3v) is 6.16. The van der Waals surface area contributed by atoms with Gasteiger partial charge in [0.25, 0.3) is 5.91 Å². The number of methoxy groups -OCH3 is 1. The zero-order valence-corrected chi connectivity index (χ0v) is 20.5. The Morgan fingerprint density at radius 3 is 2.22 bits per heavy atom. The van der Waals surface area contributed by atoms with Crippen molar-refractivity contribution in [2.24, 2.45) is 0 Å².